The second-order valence-electron chi connectivity index (χ2n) is 2.86. The summed E-state index contributed by atoms with van der Waals surface area (Å²) in [5.74, 6) is -2.90. The van der Waals surface area contributed by atoms with Crippen molar-refractivity contribution in [1.82, 2.24) is 5.32 Å². The van der Waals surface area contributed by atoms with E-state index in [2.05, 4.69) is 5.32 Å². The summed E-state index contributed by atoms with van der Waals surface area (Å²) in [5, 5.41) is 20.0. The molecule has 12 heavy (non-hydrogen) atoms. The van der Waals surface area contributed by atoms with Crippen LogP contribution in [0.25, 0.3) is 0 Å². The number of hydrogen-bond acceptors (Lipinski definition) is 3. The number of carbonyl (C=O) groups is 2. The van der Waals surface area contributed by atoms with Crippen molar-refractivity contribution in [3.63, 3.8) is 0 Å². The van der Waals surface area contributed by atoms with E-state index in [0.717, 1.165) is 6.42 Å². The van der Waals surface area contributed by atoms with E-state index in [0.29, 0.717) is 13.0 Å². The van der Waals surface area contributed by atoms with Crippen LogP contribution in [-0.4, -0.2) is 34.7 Å². The Hall–Kier alpha value is -1.10. The van der Waals surface area contributed by atoms with Gasteiger partial charge in [0, 0.05) is 0 Å². The molecule has 0 saturated carbocycles. The summed E-state index contributed by atoms with van der Waals surface area (Å²) in [7, 11) is 0. The van der Waals surface area contributed by atoms with Crippen LogP contribution in [0.15, 0.2) is 0 Å². The van der Waals surface area contributed by atoms with Gasteiger partial charge in [-0.05, 0) is 19.4 Å². The molecule has 0 amide bonds. The summed E-state index contributed by atoms with van der Waals surface area (Å²) in [6, 6.07) is -0.920. The maximum Gasteiger partial charge on any atom is 0.321 e. The molecule has 5 nitrogen and oxygen atoms in total. The molecule has 1 rings (SSSR count). The summed E-state index contributed by atoms with van der Waals surface area (Å²) < 4.78 is 0. The highest BCUT2D eigenvalue weighted by atomic mass is 16.4. The molecule has 0 spiro atoms. The molecule has 1 saturated heterocycles. The van der Waals surface area contributed by atoms with E-state index in [1.54, 1.807) is 0 Å². The van der Waals surface area contributed by atoms with E-state index in [1.165, 1.54) is 0 Å². The standard InChI is InChI=1S/C7H11NO4/c9-6(10)4-2-1-3-8-5(4)7(11)12/h4-5,8H,1-3H2,(H,9,10)(H,11,12)/t4-,5+/m1/s1. The first kappa shape index (κ1) is 8.99. The third-order valence-corrected chi connectivity index (χ3v) is 2.04. The Morgan fingerprint density at radius 2 is 1.92 bits per heavy atom. The lowest BCUT2D eigenvalue weighted by Crippen LogP contribution is -2.49. The number of aliphatic carboxylic acids is 2. The first-order valence-corrected chi connectivity index (χ1v) is 3.82. The number of carboxylic acid groups (broad SMARTS) is 2. The Labute approximate surface area is 69.4 Å². The van der Waals surface area contributed by atoms with E-state index in [-0.39, 0.29) is 0 Å². The van der Waals surface area contributed by atoms with Gasteiger partial charge in [-0.2, -0.15) is 0 Å². The van der Waals surface area contributed by atoms with E-state index in [1.807, 2.05) is 0 Å². The van der Waals surface area contributed by atoms with Crippen LogP contribution >= 0.6 is 0 Å². The van der Waals surface area contributed by atoms with Gasteiger partial charge in [-0.1, -0.05) is 0 Å². The molecule has 0 bridgehead atoms. The molecular weight excluding hydrogens is 162 g/mol. The molecule has 0 aliphatic carbocycles. The van der Waals surface area contributed by atoms with E-state index in [4.69, 9.17) is 10.2 Å². The molecule has 68 valence electrons. The fourth-order valence-corrected chi connectivity index (χ4v) is 1.41. The lowest BCUT2D eigenvalue weighted by atomic mass is 9.91. The predicted octanol–water partition coefficient (Wildman–Crippen LogP) is -0.476. The van der Waals surface area contributed by atoms with Gasteiger partial charge in [-0.25, -0.2) is 0 Å². The first-order valence-electron chi connectivity index (χ1n) is 3.82. The highest BCUT2D eigenvalue weighted by Gasteiger charge is 2.35. The molecule has 1 aliphatic rings. The van der Waals surface area contributed by atoms with Crippen molar-refractivity contribution >= 4 is 11.9 Å². The molecule has 3 N–H and O–H groups in total. The number of nitrogens with one attached hydrogen (secondary N) is 1. The van der Waals surface area contributed by atoms with Gasteiger partial charge in [-0.15, -0.1) is 0 Å². The van der Waals surface area contributed by atoms with Crippen LogP contribution in [0.1, 0.15) is 12.8 Å². The minimum absolute atomic E-state index is 0.444. The normalized spacial score (nSPS) is 29.7. The Morgan fingerprint density at radius 1 is 1.25 bits per heavy atom. The van der Waals surface area contributed by atoms with Crippen LogP contribution in [-0.2, 0) is 9.59 Å². The second-order valence-corrected chi connectivity index (χ2v) is 2.86. The van der Waals surface area contributed by atoms with E-state index in [9.17, 15) is 9.59 Å². The quantitative estimate of drug-likeness (QED) is 0.525. The molecular formula is C7H11NO4. The summed E-state index contributed by atoms with van der Waals surface area (Å²) in [6.45, 7) is 0.584. The molecule has 0 radical (unpaired) electrons. The minimum Gasteiger partial charge on any atom is -0.481 e. The Morgan fingerprint density at radius 3 is 2.33 bits per heavy atom. The third kappa shape index (κ3) is 1.73. The van der Waals surface area contributed by atoms with Crippen molar-refractivity contribution in [2.75, 3.05) is 6.54 Å². The first-order chi connectivity index (χ1) is 5.63. The molecule has 0 aromatic carbocycles. The largest absolute Gasteiger partial charge is 0.481 e. The zero-order chi connectivity index (χ0) is 9.14. The zero-order valence-corrected chi connectivity index (χ0v) is 6.49. The van der Waals surface area contributed by atoms with Crippen LogP contribution in [0.3, 0.4) is 0 Å². The van der Waals surface area contributed by atoms with Gasteiger partial charge < -0.3 is 15.5 Å². The number of carboxylic acids is 2. The second kappa shape index (κ2) is 3.53. The van der Waals surface area contributed by atoms with Gasteiger partial charge in [0.1, 0.15) is 6.04 Å². The van der Waals surface area contributed by atoms with Crippen molar-refractivity contribution in [3.8, 4) is 0 Å². The molecule has 5 heteroatoms. The summed E-state index contributed by atoms with van der Waals surface area (Å²) in [4.78, 5) is 21.1. The lowest BCUT2D eigenvalue weighted by molar-refractivity contribution is -0.152. The number of hydrogen-bond donors (Lipinski definition) is 3. The summed E-state index contributed by atoms with van der Waals surface area (Å²) in [5.41, 5.74) is 0. The van der Waals surface area contributed by atoms with Crippen molar-refractivity contribution in [3.05, 3.63) is 0 Å². The van der Waals surface area contributed by atoms with Gasteiger partial charge in [0.15, 0.2) is 0 Å². The van der Waals surface area contributed by atoms with Crippen molar-refractivity contribution in [2.24, 2.45) is 5.92 Å². The molecule has 1 aliphatic heterocycles. The summed E-state index contributed by atoms with van der Waals surface area (Å²) >= 11 is 0. The van der Waals surface area contributed by atoms with Crippen LogP contribution in [0.4, 0.5) is 0 Å². The average molecular weight is 173 g/mol. The van der Waals surface area contributed by atoms with Gasteiger partial charge in [-0.3, -0.25) is 9.59 Å². The maximum absolute atomic E-state index is 10.6. The van der Waals surface area contributed by atoms with Gasteiger partial charge in [0.2, 0.25) is 0 Å². The van der Waals surface area contributed by atoms with Crippen LogP contribution in [0.2, 0.25) is 0 Å². The molecule has 0 unspecified atom stereocenters. The fourth-order valence-electron chi connectivity index (χ4n) is 1.41. The molecule has 0 aromatic heterocycles. The van der Waals surface area contributed by atoms with Crippen LogP contribution in [0.5, 0.6) is 0 Å². The summed E-state index contributed by atoms with van der Waals surface area (Å²) in [6.07, 6.45) is 1.17. The average Bonchev–Trinajstić information content (AvgIpc) is 2.04. The van der Waals surface area contributed by atoms with E-state index < -0.39 is 23.9 Å². The zero-order valence-electron chi connectivity index (χ0n) is 6.49. The maximum atomic E-state index is 10.6. The van der Waals surface area contributed by atoms with Crippen molar-refractivity contribution < 1.29 is 19.8 Å². The Balaban J connectivity index is 2.67. The van der Waals surface area contributed by atoms with Crippen LogP contribution < -0.4 is 5.32 Å². The van der Waals surface area contributed by atoms with E-state index >= 15 is 0 Å². The molecule has 1 fully saturated rings. The van der Waals surface area contributed by atoms with Gasteiger partial charge in [0.25, 0.3) is 0 Å². The third-order valence-electron chi connectivity index (χ3n) is 2.04. The number of rotatable bonds is 2. The monoisotopic (exact) mass is 173 g/mol. The smallest absolute Gasteiger partial charge is 0.321 e. The molecule has 2 atom stereocenters. The topological polar surface area (TPSA) is 86.6 Å². The van der Waals surface area contributed by atoms with Crippen LogP contribution in [0, 0.1) is 5.92 Å². The Bertz CT molecular complexity index is 182. The van der Waals surface area contributed by atoms with Crippen molar-refractivity contribution in [2.45, 2.75) is 18.9 Å². The fraction of sp³-hybridized carbons (Fsp3) is 0.714. The molecule has 0 aromatic rings. The van der Waals surface area contributed by atoms with Gasteiger partial charge >= 0.3 is 11.9 Å². The highest BCUT2D eigenvalue weighted by molar-refractivity contribution is 5.82. The van der Waals surface area contributed by atoms with Gasteiger partial charge in [0.05, 0.1) is 5.92 Å². The SMILES string of the molecule is O=C(O)[C@H]1NCCC[C@H]1C(=O)O. The number of piperidine rings is 1. The highest BCUT2D eigenvalue weighted by Crippen LogP contribution is 2.16. The lowest BCUT2D eigenvalue weighted by Gasteiger charge is -2.26. The predicted molar refractivity (Wildman–Crippen MR) is 39.8 cm³/mol. The van der Waals surface area contributed by atoms with Crippen molar-refractivity contribution in [1.29, 1.82) is 0 Å². The minimum atomic E-state index is -1.08. The molecule has 1 heterocycles. The Kier molecular flexibility index (Phi) is 2.65.